The van der Waals surface area contributed by atoms with Crippen molar-refractivity contribution in [2.45, 2.75) is 32.2 Å². The summed E-state index contributed by atoms with van der Waals surface area (Å²) in [6.45, 7) is 1.98. The largest absolute Gasteiger partial charge is 0.344 e. The molecule has 7 nitrogen and oxygen atoms in total. The number of urea groups is 1. The van der Waals surface area contributed by atoms with Gasteiger partial charge in [0, 0.05) is 16.1 Å². The highest BCUT2D eigenvalue weighted by Crippen LogP contribution is 2.33. The molecule has 2 N–H and O–H groups in total. The van der Waals surface area contributed by atoms with Crippen LogP contribution in [0.4, 0.5) is 10.5 Å². The van der Waals surface area contributed by atoms with Gasteiger partial charge in [0.05, 0.1) is 16.7 Å². The van der Waals surface area contributed by atoms with E-state index in [0.717, 1.165) is 30.0 Å². The lowest BCUT2D eigenvalue weighted by atomic mass is 9.97. The molecule has 4 rings (SSSR count). The van der Waals surface area contributed by atoms with Crippen molar-refractivity contribution in [3.8, 4) is 0 Å². The molecular weight excluding hydrogens is 352 g/mol. The molecule has 134 valence electrons. The highest BCUT2D eigenvalue weighted by atomic mass is 32.1. The zero-order valence-electron chi connectivity index (χ0n) is 14.2. The molecule has 0 radical (unpaired) electrons. The number of carbonyl (C=O) groups is 3. The Morgan fingerprint density at radius 3 is 2.77 bits per heavy atom. The number of fused-ring (bicyclic) bond motifs is 1. The molecule has 1 aliphatic heterocycles. The number of amides is 4. The first kappa shape index (κ1) is 16.7. The maximum Gasteiger partial charge on any atom is 0.329 e. The fraction of sp³-hybridized carbons (Fsp3) is 0.333. The van der Waals surface area contributed by atoms with Gasteiger partial charge in [-0.1, -0.05) is 0 Å². The van der Waals surface area contributed by atoms with Gasteiger partial charge in [0.1, 0.15) is 6.54 Å². The smallest absolute Gasteiger partial charge is 0.329 e. The van der Waals surface area contributed by atoms with Crippen molar-refractivity contribution >= 4 is 34.9 Å². The number of rotatable bonds is 3. The molecule has 2 aliphatic rings. The van der Waals surface area contributed by atoms with E-state index in [1.54, 1.807) is 35.6 Å². The van der Waals surface area contributed by atoms with Gasteiger partial charge in [-0.15, -0.1) is 11.3 Å². The number of hydrogen-bond acceptors (Lipinski definition) is 5. The van der Waals surface area contributed by atoms with E-state index in [2.05, 4.69) is 15.6 Å². The van der Waals surface area contributed by atoms with Gasteiger partial charge in [-0.25, -0.2) is 9.78 Å². The third-order valence-corrected chi connectivity index (χ3v) is 5.65. The van der Waals surface area contributed by atoms with Crippen molar-refractivity contribution in [1.82, 2.24) is 15.6 Å². The molecule has 2 heterocycles. The predicted octanol–water partition coefficient (Wildman–Crippen LogP) is 2.32. The van der Waals surface area contributed by atoms with Gasteiger partial charge in [0.2, 0.25) is 5.91 Å². The number of anilines is 1. The van der Waals surface area contributed by atoms with Crippen LogP contribution in [0.2, 0.25) is 0 Å². The number of hydrogen-bond donors (Lipinski definition) is 2. The molecule has 1 unspecified atom stereocenters. The van der Waals surface area contributed by atoms with Crippen LogP contribution in [-0.2, 0) is 11.2 Å². The lowest BCUT2D eigenvalue weighted by Gasteiger charge is -2.22. The zero-order valence-corrected chi connectivity index (χ0v) is 15.1. The summed E-state index contributed by atoms with van der Waals surface area (Å²) < 4.78 is 0. The van der Waals surface area contributed by atoms with E-state index in [9.17, 15) is 14.4 Å². The zero-order chi connectivity index (χ0) is 18.3. The van der Waals surface area contributed by atoms with Gasteiger partial charge in [0.15, 0.2) is 0 Å². The minimum Gasteiger partial charge on any atom is -0.344 e. The monoisotopic (exact) mass is 370 g/mol. The van der Waals surface area contributed by atoms with E-state index in [-0.39, 0.29) is 24.4 Å². The van der Waals surface area contributed by atoms with Crippen LogP contribution in [-0.4, -0.2) is 29.4 Å². The summed E-state index contributed by atoms with van der Waals surface area (Å²) in [5.41, 5.74) is 2.09. The van der Waals surface area contributed by atoms with Gasteiger partial charge in [0.25, 0.3) is 5.91 Å². The van der Waals surface area contributed by atoms with Gasteiger partial charge >= 0.3 is 6.03 Å². The fourth-order valence-corrected chi connectivity index (χ4v) is 4.40. The van der Waals surface area contributed by atoms with Crippen molar-refractivity contribution in [3.63, 3.8) is 0 Å². The number of aromatic nitrogens is 1. The van der Waals surface area contributed by atoms with Gasteiger partial charge < -0.3 is 5.32 Å². The summed E-state index contributed by atoms with van der Waals surface area (Å²) in [6.07, 6.45) is 2.95. The molecule has 1 aromatic heterocycles. The molecule has 1 atom stereocenters. The third kappa shape index (κ3) is 3.08. The third-order valence-electron chi connectivity index (χ3n) is 4.60. The van der Waals surface area contributed by atoms with Crippen LogP contribution >= 0.6 is 11.3 Å². The van der Waals surface area contributed by atoms with Crippen molar-refractivity contribution in [1.29, 1.82) is 0 Å². The Balaban J connectivity index is 1.47. The molecule has 8 heteroatoms. The highest BCUT2D eigenvalue weighted by molar-refractivity contribution is 7.11. The average molecular weight is 370 g/mol. The van der Waals surface area contributed by atoms with Crippen LogP contribution in [0.15, 0.2) is 24.3 Å². The SMILES string of the molecule is Cc1nc2c(s1)CCCC2NC(=O)c1ccc(N2CC(=O)NC2=O)cc1. The quantitative estimate of drug-likeness (QED) is 0.811. The van der Waals surface area contributed by atoms with E-state index >= 15 is 0 Å². The number of imide groups is 1. The lowest BCUT2D eigenvalue weighted by molar-refractivity contribution is -0.117. The van der Waals surface area contributed by atoms with Crippen LogP contribution < -0.4 is 15.5 Å². The molecule has 1 aromatic carbocycles. The summed E-state index contributed by atoms with van der Waals surface area (Å²) in [7, 11) is 0. The Hall–Kier alpha value is -2.74. The summed E-state index contributed by atoms with van der Waals surface area (Å²) in [5, 5.41) is 6.33. The van der Waals surface area contributed by atoms with Gasteiger partial charge in [-0.3, -0.25) is 19.8 Å². The summed E-state index contributed by atoms with van der Waals surface area (Å²) in [4.78, 5) is 42.8. The predicted molar refractivity (Wildman–Crippen MR) is 97.3 cm³/mol. The molecule has 4 amide bonds. The van der Waals surface area contributed by atoms with Crippen LogP contribution in [0.1, 0.15) is 44.8 Å². The topological polar surface area (TPSA) is 91.4 Å². The molecule has 1 fully saturated rings. The van der Waals surface area contributed by atoms with E-state index in [0.29, 0.717) is 11.3 Å². The van der Waals surface area contributed by atoms with Crippen molar-refractivity contribution < 1.29 is 14.4 Å². The Bertz CT molecular complexity index is 890. The number of nitrogens with zero attached hydrogens (tertiary/aromatic N) is 2. The number of carbonyl (C=O) groups excluding carboxylic acids is 3. The van der Waals surface area contributed by atoms with E-state index in [4.69, 9.17) is 0 Å². The molecule has 1 aliphatic carbocycles. The summed E-state index contributed by atoms with van der Waals surface area (Å²) >= 11 is 1.70. The number of thiazole rings is 1. The van der Waals surface area contributed by atoms with Crippen LogP contribution in [0, 0.1) is 6.92 Å². The Kier molecular flexibility index (Phi) is 4.20. The second kappa shape index (κ2) is 6.53. The van der Waals surface area contributed by atoms with E-state index in [1.165, 1.54) is 9.78 Å². The van der Waals surface area contributed by atoms with Crippen molar-refractivity contribution in [2.75, 3.05) is 11.4 Å². The van der Waals surface area contributed by atoms with Gasteiger partial charge in [-0.2, -0.15) is 0 Å². The Morgan fingerprint density at radius 1 is 1.31 bits per heavy atom. The van der Waals surface area contributed by atoms with E-state index in [1.807, 2.05) is 6.92 Å². The molecule has 1 saturated heterocycles. The summed E-state index contributed by atoms with van der Waals surface area (Å²) in [6, 6.07) is 6.17. The first-order chi connectivity index (χ1) is 12.5. The molecule has 2 aromatic rings. The minimum atomic E-state index is -0.444. The van der Waals surface area contributed by atoms with Crippen LogP contribution in [0.5, 0.6) is 0 Å². The normalized spacial score (nSPS) is 19.3. The molecule has 0 spiro atoms. The number of aryl methyl sites for hydroxylation is 2. The van der Waals surface area contributed by atoms with Crippen molar-refractivity contribution in [3.05, 3.63) is 45.4 Å². The number of benzene rings is 1. The fourth-order valence-electron chi connectivity index (χ4n) is 3.37. The van der Waals surface area contributed by atoms with Crippen molar-refractivity contribution in [2.24, 2.45) is 0 Å². The maximum absolute atomic E-state index is 12.6. The molecular formula is C18H18N4O3S. The Morgan fingerprint density at radius 2 is 2.08 bits per heavy atom. The summed E-state index contributed by atoms with van der Waals surface area (Å²) in [5.74, 6) is -0.495. The maximum atomic E-state index is 12.6. The standard InChI is InChI=1S/C18H18N4O3S/c1-10-19-16-13(3-2-4-14(16)26-10)20-17(24)11-5-7-12(8-6-11)22-9-15(23)21-18(22)25/h5-8,13H,2-4,9H2,1H3,(H,20,24)(H,21,23,25). The average Bonchev–Trinajstić information content (AvgIpc) is 3.16. The second-order valence-corrected chi connectivity index (χ2v) is 7.73. The minimum absolute atomic E-state index is 0.00158. The lowest BCUT2D eigenvalue weighted by Crippen LogP contribution is -2.31. The Labute approximate surface area is 154 Å². The molecule has 26 heavy (non-hydrogen) atoms. The van der Waals surface area contributed by atoms with Gasteiger partial charge in [-0.05, 0) is 50.5 Å². The van der Waals surface area contributed by atoms with Crippen LogP contribution in [0.25, 0.3) is 0 Å². The first-order valence-corrected chi connectivity index (χ1v) is 9.31. The van der Waals surface area contributed by atoms with E-state index < -0.39 is 6.03 Å². The molecule has 0 saturated carbocycles. The number of nitrogens with one attached hydrogen (secondary N) is 2. The highest BCUT2D eigenvalue weighted by Gasteiger charge is 2.28. The second-order valence-electron chi connectivity index (χ2n) is 6.45. The first-order valence-electron chi connectivity index (χ1n) is 8.50. The molecule has 0 bridgehead atoms. The van der Waals surface area contributed by atoms with Crippen LogP contribution in [0.3, 0.4) is 0 Å².